The van der Waals surface area contributed by atoms with E-state index < -0.39 is 52.6 Å². The number of cyclic esters (lactones) is 1. The van der Waals surface area contributed by atoms with Gasteiger partial charge in [-0.1, -0.05) is 32.4 Å². The zero-order chi connectivity index (χ0) is 30.4. The minimum absolute atomic E-state index is 0.150. The second-order valence-electron chi connectivity index (χ2n) is 13.9. The van der Waals surface area contributed by atoms with Gasteiger partial charge in [0, 0.05) is 59.2 Å². The summed E-state index contributed by atoms with van der Waals surface area (Å²) >= 11 is 0. The van der Waals surface area contributed by atoms with Crippen LogP contribution in [0.3, 0.4) is 0 Å². The number of aliphatic hydroxyl groups excluding tert-OH is 1. The second-order valence-corrected chi connectivity index (χ2v) is 13.9. The van der Waals surface area contributed by atoms with Gasteiger partial charge < -0.3 is 28.8 Å². The molecule has 3 aliphatic carbocycles. The molecule has 9 nitrogen and oxygen atoms in total. The molecule has 2 saturated heterocycles. The van der Waals surface area contributed by atoms with Gasteiger partial charge in [-0.15, -0.1) is 0 Å². The summed E-state index contributed by atoms with van der Waals surface area (Å²) in [6.07, 6.45) is 2.34. The Kier molecular flexibility index (Phi) is 7.06. The zero-order valence-electron chi connectivity index (χ0n) is 25.7. The number of allylic oxidation sites excluding steroid dienone is 2. The summed E-state index contributed by atoms with van der Waals surface area (Å²) in [5.74, 6) is -1.66. The molecule has 11 atom stereocenters. The molecule has 0 radical (unpaired) electrons. The quantitative estimate of drug-likeness (QED) is 0.228. The summed E-state index contributed by atoms with van der Waals surface area (Å²) in [6, 6.07) is 0. The molecule has 0 bridgehead atoms. The Morgan fingerprint density at radius 3 is 2.50 bits per heavy atom. The second kappa shape index (κ2) is 10.0. The summed E-state index contributed by atoms with van der Waals surface area (Å²) in [7, 11) is 0. The molecule has 3 heterocycles. The van der Waals surface area contributed by atoms with E-state index in [1.54, 1.807) is 13.0 Å². The van der Waals surface area contributed by atoms with E-state index in [-0.39, 0.29) is 36.4 Å². The van der Waals surface area contributed by atoms with Crippen molar-refractivity contribution in [3.63, 3.8) is 0 Å². The van der Waals surface area contributed by atoms with E-state index in [0.717, 1.165) is 11.1 Å². The molecule has 9 heteroatoms. The van der Waals surface area contributed by atoms with Crippen molar-refractivity contribution in [3.05, 3.63) is 34.4 Å². The molecule has 0 aromatic rings. The Labute approximate surface area is 247 Å². The first-order chi connectivity index (χ1) is 19.8. The van der Waals surface area contributed by atoms with Crippen molar-refractivity contribution in [1.82, 2.24) is 0 Å². The van der Waals surface area contributed by atoms with Gasteiger partial charge in [-0.25, -0.2) is 9.59 Å². The Morgan fingerprint density at radius 1 is 1.12 bits per heavy atom. The summed E-state index contributed by atoms with van der Waals surface area (Å²) in [6.45, 7) is 14.4. The zero-order valence-corrected chi connectivity index (χ0v) is 25.7. The topological polar surface area (TPSA) is 118 Å². The summed E-state index contributed by atoms with van der Waals surface area (Å²) in [4.78, 5) is 38.4. The first-order valence-electron chi connectivity index (χ1n) is 15.3. The number of carbonyl (C=O) groups is 3. The third kappa shape index (κ3) is 3.88. The fourth-order valence-corrected chi connectivity index (χ4v) is 10.1. The fourth-order valence-electron chi connectivity index (χ4n) is 10.1. The van der Waals surface area contributed by atoms with Crippen LogP contribution in [0.15, 0.2) is 34.4 Å². The van der Waals surface area contributed by atoms with E-state index in [1.165, 1.54) is 6.92 Å². The Balaban J connectivity index is 1.55. The molecule has 0 spiro atoms. The van der Waals surface area contributed by atoms with Crippen molar-refractivity contribution in [1.29, 1.82) is 0 Å². The molecule has 0 aromatic heterocycles. The monoisotopic (exact) mass is 584 g/mol. The highest BCUT2D eigenvalue weighted by atomic mass is 16.6. The summed E-state index contributed by atoms with van der Waals surface area (Å²) in [5, 5.41) is 12.0. The van der Waals surface area contributed by atoms with Crippen molar-refractivity contribution < 1.29 is 43.2 Å². The molecule has 230 valence electrons. The number of hydrogen-bond acceptors (Lipinski definition) is 9. The highest BCUT2D eigenvalue weighted by Crippen LogP contribution is 2.72. The predicted molar refractivity (Wildman–Crippen MR) is 151 cm³/mol. The van der Waals surface area contributed by atoms with Crippen LogP contribution >= 0.6 is 0 Å². The van der Waals surface area contributed by atoms with E-state index in [0.29, 0.717) is 43.6 Å². The normalized spacial score (nSPS) is 46.2. The molecule has 2 saturated carbocycles. The molecular weight excluding hydrogens is 540 g/mol. The molecular formula is C33H44O9. The number of aliphatic hydroxyl groups is 1. The lowest BCUT2D eigenvalue weighted by molar-refractivity contribution is -0.253. The number of ether oxygens (including phenoxy) is 5. The van der Waals surface area contributed by atoms with Crippen LogP contribution < -0.4 is 0 Å². The van der Waals surface area contributed by atoms with Crippen LogP contribution in [0, 0.1) is 34.0 Å². The molecule has 6 aliphatic rings. The van der Waals surface area contributed by atoms with Gasteiger partial charge in [0.2, 0.25) is 0 Å². The summed E-state index contributed by atoms with van der Waals surface area (Å²) in [5.41, 5.74) is 1.23. The van der Waals surface area contributed by atoms with Gasteiger partial charge in [-0.2, -0.15) is 0 Å². The average molecular weight is 585 g/mol. The van der Waals surface area contributed by atoms with Crippen molar-refractivity contribution in [2.75, 3.05) is 19.8 Å². The van der Waals surface area contributed by atoms with Crippen LogP contribution in [-0.2, 0) is 38.1 Å². The highest BCUT2D eigenvalue weighted by molar-refractivity contribution is 5.92. The fraction of sp³-hybridized carbons (Fsp3) is 0.727. The number of rotatable bonds is 4. The molecule has 1 N–H and O–H groups in total. The molecule has 0 amide bonds. The first kappa shape index (κ1) is 29.6. The van der Waals surface area contributed by atoms with Gasteiger partial charge in [-0.05, 0) is 51.2 Å². The van der Waals surface area contributed by atoms with E-state index in [4.69, 9.17) is 23.7 Å². The van der Waals surface area contributed by atoms with Crippen molar-refractivity contribution in [3.8, 4) is 0 Å². The van der Waals surface area contributed by atoms with Crippen LogP contribution in [0.4, 0.5) is 0 Å². The standard InChI is InChI=1S/C33H44O9/c1-8-16(2)29(36)42-28-26-27-31(5,15-40-26)24(41-18(4)34)14-23(35)32(27,6)22-10-12-38-21-13-20(19-9-11-39-30(19)37)17(3)25(21)33(22,28)7/h8-9,20-24,26-28,35H,10-15H2,1-7H3/b16-8+/t20-,21+,22-,23+,24-,26-,27+,28-,31-,32+,33-/m1/s1. The van der Waals surface area contributed by atoms with E-state index in [1.807, 2.05) is 13.0 Å². The first-order valence-corrected chi connectivity index (χ1v) is 15.3. The molecule has 6 rings (SSSR count). The highest BCUT2D eigenvalue weighted by Gasteiger charge is 2.76. The Hall–Kier alpha value is -2.49. The lowest BCUT2D eigenvalue weighted by Crippen LogP contribution is -2.71. The van der Waals surface area contributed by atoms with Gasteiger partial charge in [0.15, 0.2) is 0 Å². The largest absolute Gasteiger partial charge is 0.462 e. The Bertz CT molecular complexity index is 1300. The van der Waals surface area contributed by atoms with Gasteiger partial charge in [0.05, 0.1) is 24.9 Å². The molecule has 4 fully saturated rings. The van der Waals surface area contributed by atoms with E-state index in [2.05, 4.69) is 27.7 Å². The maximum Gasteiger partial charge on any atom is 0.334 e. The van der Waals surface area contributed by atoms with E-state index in [9.17, 15) is 19.5 Å². The third-order valence-corrected chi connectivity index (χ3v) is 12.0. The van der Waals surface area contributed by atoms with Crippen molar-refractivity contribution in [2.24, 2.45) is 34.0 Å². The lowest BCUT2D eigenvalue weighted by atomic mass is 9.39. The van der Waals surface area contributed by atoms with Crippen LogP contribution in [0.1, 0.15) is 67.7 Å². The van der Waals surface area contributed by atoms with Crippen LogP contribution in [-0.4, -0.2) is 73.4 Å². The number of carbonyl (C=O) groups excluding carboxylic acids is 3. The SMILES string of the molecule is C/C=C(\C)C(=O)O[C@@H]1[C@@H]2OC[C@]3(C)[C@H](OC(C)=O)C[C@H](O)[C@@](C)([C@@H]23)[C@H]2CCO[C@H]3C[C@@H](C4=CCOC4=O)C(C)=C3[C@]12C. The minimum atomic E-state index is -0.787. The van der Waals surface area contributed by atoms with Gasteiger partial charge >= 0.3 is 17.9 Å². The average Bonchev–Trinajstić information content (AvgIpc) is 3.58. The molecule has 0 aromatic carbocycles. The third-order valence-electron chi connectivity index (χ3n) is 12.0. The van der Waals surface area contributed by atoms with Crippen LogP contribution in [0.2, 0.25) is 0 Å². The van der Waals surface area contributed by atoms with Crippen LogP contribution in [0.5, 0.6) is 0 Å². The number of hydrogen-bond donors (Lipinski definition) is 1. The van der Waals surface area contributed by atoms with Crippen molar-refractivity contribution >= 4 is 17.9 Å². The molecule has 42 heavy (non-hydrogen) atoms. The van der Waals surface area contributed by atoms with E-state index >= 15 is 0 Å². The summed E-state index contributed by atoms with van der Waals surface area (Å²) < 4.78 is 30.8. The van der Waals surface area contributed by atoms with Gasteiger partial charge in [-0.3, -0.25) is 4.79 Å². The lowest BCUT2D eigenvalue weighted by Gasteiger charge is -2.66. The Morgan fingerprint density at radius 2 is 1.86 bits per heavy atom. The molecule has 0 unspecified atom stereocenters. The van der Waals surface area contributed by atoms with Crippen LogP contribution in [0.25, 0.3) is 0 Å². The number of fused-ring (bicyclic) bond motifs is 4. The molecule has 3 aliphatic heterocycles. The van der Waals surface area contributed by atoms with Crippen molar-refractivity contribution in [2.45, 2.75) is 98.2 Å². The number of esters is 3. The minimum Gasteiger partial charge on any atom is -0.462 e. The smallest absolute Gasteiger partial charge is 0.334 e. The maximum atomic E-state index is 13.5. The predicted octanol–water partition coefficient (Wildman–Crippen LogP) is 3.83. The van der Waals surface area contributed by atoms with Gasteiger partial charge in [0.1, 0.15) is 18.8 Å². The maximum absolute atomic E-state index is 13.5. The van der Waals surface area contributed by atoms with Gasteiger partial charge in [0.25, 0.3) is 0 Å².